The minimum absolute atomic E-state index is 0.124. The van der Waals surface area contributed by atoms with Gasteiger partial charge in [0.1, 0.15) is 0 Å². The van der Waals surface area contributed by atoms with E-state index in [1.54, 1.807) is 6.92 Å². The normalized spacial score (nSPS) is 23.2. The van der Waals surface area contributed by atoms with Crippen LogP contribution < -0.4 is 0 Å². The second-order valence-electron chi connectivity index (χ2n) is 4.64. The second-order valence-corrected chi connectivity index (χ2v) is 4.64. The number of hydrogen-bond donors (Lipinski definition) is 2. The average Bonchev–Trinajstić information content (AvgIpc) is 2.27. The smallest absolute Gasteiger partial charge is 0.222 e. The van der Waals surface area contributed by atoms with Gasteiger partial charge in [-0.2, -0.15) is 0 Å². The van der Waals surface area contributed by atoms with Gasteiger partial charge in [0.25, 0.3) is 0 Å². The first-order chi connectivity index (χ1) is 7.65. The van der Waals surface area contributed by atoms with Crippen molar-refractivity contribution in [3.8, 4) is 0 Å². The van der Waals surface area contributed by atoms with E-state index in [2.05, 4.69) is 0 Å². The third-order valence-electron chi connectivity index (χ3n) is 3.19. The zero-order chi connectivity index (χ0) is 12.0. The summed E-state index contributed by atoms with van der Waals surface area (Å²) >= 11 is 0. The Balaban J connectivity index is 2.43. The van der Waals surface area contributed by atoms with E-state index in [0.717, 1.165) is 25.8 Å². The lowest BCUT2D eigenvalue weighted by Crippen LogP contribution is -2.44. The van der Waals surface area contributed by atoms with Crippen molar-refractivity contribution in [1.29, 1.82) is 0 Å². The first-order valence-electron chi connectivity index (χ1n) is 6.23. The number of aliphatic hydroxyl groups is 2. The third kappa shape index (κ3) is 4.10. The van der Waals surface area contributed by atoms with Crippen molar-refractivity contribution in [2.75, 3.05) is 13.2 Å². The average molecular weight is 229 g/mol. The number of aliphatic hydroxyl groups excluding tert-OH is 2. The van der Waals surface area contributed by atoms with Crippen LogP contribution in [0.1, 0.15) is 45.4 Å². The summed E-state index contributed by atoms with van der Waals surface area (Å²) in [4.78, 5) is 13.8. The van der Waals surface area contributed by atoms with Gasteiger partial charge in [-0.1, -0.05) is 0 Å². The topological polar surface area (TPSA) is 60.8 Å². The summed E-state index contributed by atoms with van der Waals surface area (Å²) in [7, 11) is 0. The highest BCUT2D eigenvalue weighted by atomic mass is 16.3. The number of likely N-dealkylation sites (tertiary alicyclic amines) is 1. The molecule has 94 valence electrons. The number of piperidine rings is 1. The highest BCUT2D eigenvalue weighted by Crippen LogP contribution is 2.20. The standard InChI is InChI=1S/C12H23NO3/c1-10(15)5-6-12(16)13-8-3-2-4-11(13)7-9-14/h10-11,14-15H,2-9H2,1H3. The van der Waals surface area contributed by atoms with Crippen LogP contribution in [0.25, 0.3) is 0 Å². The summed E-state index contributed by atoms with van der Waals surface area (Å²) in [6, 6.07) is 0.209. The van der Waals surface area contributed by atoms with Crippen molar-refractivity contribution >= 4 is 5.91 Å². The molecule has 0 saturated carbocycles. The van der Waals surface area contributed by atoms with Crippen molar-refractivity contribution in [3.05, 3.63) is 0 Å². The van der Waals surface area contributed by atoms with Crippen LogP contribution in [0.5, 0.6) is 0 Å². The van der Waals surface area contributed by atoms with Crippen molar-refractivity contribution in [3.63, 3.8) is 0 Å². The van der Waals surface area contributed by atoms with Crippen molar-refractivity contribution in [2.45, 2.75) is 57.6 Å². The summed E-state index contributed by atoms with van der Waals surface area (Å²) in [5.41, 5.74) is 0. The van der Waals surface area contributed by atoms with Crippen molar-refractivity contribution < 1.29 is 15.0 Å². The van der Waals surface area contributed by atoms with Crippen LogP contribution in [-0.4, -0.2) is 46.3 Å². The molecule has 1 amide bonds. The van der Waals surface area contributed by atoms with Gasteiger partial charge in [-0.3, -0.25) is 4.79 Å². The molecule has 1 aliphatic heterocycles. The molecule has 1 aliphatic rings. The number of carbonyl (C=O) groups excluding carboxylic acids is 1. The summed E-state index contributed by atoms with van der Waals surface area (Å²) in [5.74, 6) is 0.124. The lowest BCUT2D eigenvalue weighted by Gasteiger charge is -2.35. The molecular formula is C12H23NO3. The highest BCUT2D eigenvalue weighted by molar-refractivity contribution is 5.76. The first-order valence-corrected chi connectivity index (χ1v) is 6.23. The molecule has 0 spiro atoms. The predicted molar refractivity (Wildman–Crippen MR) is 62.0 cm³/mol. The van der Waals surface area contributed by atoms with Gasteiger partial charge < -0.3 is 15.1 Å². The van der Waals surface area contributed by atoms with Crippen LogP contribution >= 0.6 is 0 Å². The van der Waals surface area contributed by atoms with Crippen LogP contribution in [0.3, 0.4) is 0 Å². The highest BCUT2D eigenvalue weighted by Gasteiger charge is 2.25. The Kier molecular flexibility index (Phi) is 5.77. The molecule has 1 heterocycles. The van der Waals surface area contributed by atoms with Crippen LogP contribution in [-0.2, 0) is 4.79 Å². The molecule has 2 N–H and O–H groups in total. The molecule has 4 nitrogen and oxygen atoms in total. The Morgan fingerprint density at radius 1 is 1.50 bits per heavy atom. The molecule has 4 heteroatoms. The van der Waals surface area contributed by atoms with Gasteiger partial charge in [-0.25, -0.2) is 0 Å². The fraction of sp³-hybridized carbons (Fsp3) is 0.917. The van der Waals surface area contributed by atoms with Crippen LogP contribution in [0.4, 0.5) is 0 Å². The molecule has 0 aromatic heterocycles. The van der Waals surface area contributed by atoms with Gasteiger partial charge in [-0.05, 0) is 39.0 Å². The molecule has 1 saturated heterocycles. The zero-order valence-electron chi connectivity index (χ0n) is 10.1. The van der Waals surface area contributed by atoms with E-state index in [0.29, 0.717) is 19.3 Å². The van der Waals surface area contributed by atoms with Gasteiger partial charge in [0.15, 0.2) is 0 Å². The molecular weight excluding hydrogens is 206 g/mol. The maximum atomic E-state index is 11.9. The predicted octanol–water partition coefficient (Wildman–Crippen LogP) is 0.911. The van der Waals surface area contributed by atoms with Crippen molar-refractivity contribution in [2.24, 2.45) is 0 Å². The maximum absolute atomic E-state index is 11.9. The molecule has 16 heavy (non-hydrogen) atoms. The number of rotatable bonds is 5. The summed E-state index contributed by atoms with van der Waals surface area (Å²) in [6.45, 7) is 2.66. The Morgan fingerprint density at radius 2 is 2.25 bits per heavy atom. The minimum Gasteiger partial charge on any atom is -0.396 e. The van der Waals surface area contributed by atoms with Crippen LogP contribution in [0.2, 0.25) is 0 Å². The van der Waals surface area contributed by atoms with Gasteiger partial charge in [0.05, 0.1) is 6.10 Å². The fourth-order valence-electron chi connectivity index (χ4n) is 2.25. The molecule has 2 unspecified atom stereocenters. The van der Waals surface area contributed by atoms with Crippen molar-refractivity contribution in [1.82, 2.24) is 4.90 Å². The molecule has 0 bridgehead atoms. The Labute approximate surface area is 97.3 Å². The van der Waals surface area contributed by atoms with Gasteiger partial charge >= 0.3 is 0 Å². The van der Waals surface area contributed by atoms with E-state index >= 15 is 0 Å². The van der Waals surface area contributed by atoms with E-state index in [1.807, 2.05) is 4.90 Å². The molecule has 2 atom stereocenters. The summed E-state index contributed by atoms with van der Waals surface area (Å²) in [6.07, 6.45) is 4.42. The minimum atomic E-state index is -0.412. The summed E-state index contributed by atoms with van der Waals surface area (Å²) < 4.78 is 0. The molecule has 0 aliphatic carbocycles. The monoisotopic (exact) mass is 229 g/mol. The molecule has 0 radical (unpaired) electrons. The molecule has 0 aromatic rings. The molecule has 1 rings (SSSR count). The zero-order valence-corrected chi connectivity index (χ0v) is 10.1. The van der Waals surface area contributed by atoms with Gasteiger partial charge in [0.2, 0.25) is 5.91 Å². The third-order valence-corrected chi connectivity index (χ3v) is 3.19. The summed E-state index contributed by atoms with van der Waals surface area (Å²) in [5, 5.41) is 18.1. The van der Waals surface area contributed by atoms with Crippen LogP contribution in [0.15, 0.2) is 0 Å². The second kappa shape index (κ2) is 6.86. The lowest BCUT2D eigenvalue weighted by molar-refractivity contribution is -0.135. The van der Waals surface area contributed by atoms with Crippen LogP contribution in [0, 0.1) is 0 Å². The van der Waals surface area contributed by atoms with E-state index in [-0.39, 0.29) is 18.6 Å². The fourth-order valence-corrected chi connectivity index (χ4v) is 2.25. The van der Waals surface area contributed by atoms with E-state index in [9.17, 15) is 4.79 Å². The lowest BCUT2D eigenvalue weighted by atomic mass is 9.99. The van der Waals surface area contributed by atoms with E-state index in [4.69, 9.17) is 10.2 Å². The number of hydrogen-bond acceptors (Lipinski definition) is 3. The Hall–Kier alpha value is -0.610. The molecule has 1 fully saturated rings. The largest absolute Gasteiger partial charge is 0.396 e. The van der Waals surface area contributed by atoms with E-state index in [1.165, 1.54) is 0 Å². The Morgan fingerprint density at radius 3 is 2.88 bits per heavy atom. The SMILES string of the molecule is CC(O)CCC(=O)N1CCCCC1CCO. The van der Waals surface area contributed by atoms with E-state index < -0.39 is 6.10 Å². The number of carbonyl (C=O) groups is 1. The van der Waals surface area contributed by atoms with Gasteiger partial charge in [-0.15, -0.1) is 0 Å². The quantitative estimate of drug-likeness (QED) is 0.736. The number of nitrogens with zero attached hydrogens (tertiary/aromatic N) is 1. The molecule has 0 aromatic carbocycles. The number of amides is 1. The first kappa shape index (κ1) is 13.5. The maximum Gasteiger partial charge on any atom is 0.222 e. The Bertz CT molecular complexity index is 216. The van der Waals surface area contributed by atoms with Gasteiger partial charge in [0, 0.05) is 25.6 Å².